The number of carbonyl (C=O) groups excluding carboxylic acids is 1. The summed E-state index contributed by atoms with van der Waals surface area (Å²) in [6.07, 6.45) is 1.18. The number of nitrogens with zero attached hydrogens (tertiary/aromatic N) is 1. The van der Waals surface area contributed by atoms with Crippen molar-refractivity contribution < 1.29 is 15.2 Å². The Hall–Kier alpha value is -2.48. The van der Waals surface area contributed by atoms with Crippen molar-refractivity contribution in [2.75, 3.05) is 10.6 Å². The fourth-order valence-electron chi connectivity index (χ4n) is 1.39. The number of benzene rings is 1. The minimum Gasteiger partial charge on any atom is -0.595 e. The van der Waals surface area contributed by atoms with Crippen LogP contribution in [0.1, 0.15) is 0 Å². The average molecular weight is 260 g/mol. The first-order valence-electron chi connectivity index (χ1n) is 5.47. The van der Waals surface area contributed by atoms with Crippen LogP contribution < -0.4 is 15.9 Å². The molecular formula is C12H12N4O3. The number of hydrogen-bond donors (Lipinski definition) is 4. The lowest BCUT2D eigenvalue weighted by Crippen LogP contribution is -2.99. The minimum absolute atomic E-state index is 0.0639. The summed E-state index contributed by atoms with van der Waals surface area (Å²) in [6, 6.07) is 11.3. The smallest absolute Gasteiger partial charge is 0.324 e. The summed E-state index contributed by atoms with van der Waals surface area (Å²) in [4.78, 5) is 15.5. The molecule has 0 bridgehead atoms. The molecule has 98 valence electrons. The third kappa shape index (κ3) is 3.75. The third-order valence-corrected chi connectivity index (χ3v) is 2.28. The van der Waals surface area contributed by atoms with Crippen LogP contribution in [0.5, 0.6) is 0 Å². The van der Waals surface area contributed by atoms with E-state index in [1.807, 2.05) is 6.07 Å². The molecule has 0 aliphatic carbocycles. The molecular weight excluding hydrogens is 248 g/mol. The molecule has 19 heavy (non-hydrogen) atoms. The van der Waals surface area contributed by atoms with Crippen LogP contribution in [0.25, 0.3) is 0 Å². The molecule has 7 heteroatoms. The van der Waals surface area contributed by atoms with Crippen molar-refractivity contribution in [3.63, 3.8) is 0 Å². The van der Waals surface area contributed by atoms with E-state index in [4.69, 9.17) is 5.21 Å². The molecule has 0 fully saturated rings. The second kappa shape index (κ2) is 5.91. The molecule has 0 aliphatic rings. The van der Waals surface area contributed by atoms with E-state index < -0.39 is 11.3 Å². The molecule has 7 nitrogen and oxygen atoms in total. The lowest BCUT2D eigenvalue weighted by atomic mass is 10.3. The number of urea groups is 1. The van der Waals surface area contributed by atoms with E-state index in [0.717, 1.165) is 0 Å². The molecule has 1 unspecified atom stereocenters. The summed E-state index contributed by atoms with van der Waals surface area (Å²) in [6.45, 7) is 0. The number of rotatable bonds is 3. The zero-order chi connectivity index (χ0) is 13.7. The van der Waals surface area contributed by atoms with Gasteiger partial charge in [0.2, 0.25) is 0 Å². The normalized spacial score (nSPS) is 11.7. The lowest BCUT2D eigenvalue weighted by Gasteiger charge is -2.11. The van der Waals surface area contributed by atoms with Gasteiger partial charge in [-0.25, -0.2) is 15.0 Å². The van der Waals surface area contributed by atoms with Crippen molar-refractivity contribution in [3.8, 4) is 0 Å². The molecule has 1 aromatic carbocycles. The van der Waals surface area contributed by atoms with Crippen LogP contribution in [0.2, 0.25) is 0 Å². The zero-order valence-electron chi connectivity index (χ0n) is 9.83. The number of pyridine rings is 1. The zero-order valence-corrected chi connectivity index (χ0v) is 9.83. The van der Waals surface area contributed by atoms with Crippen LogP contribution in [-0.4, -0.2) is 16.2 Å². The Bertz CT molecular complexity index is 543. The number of quaternary nitrogens is 1. The molecule has 0 aliphatic heterocycles. The fourth-order valence-corrected chi connectivity index (χ4v) is 1.39. The molecule has 2 amide bonds. The summed E-state index contributed by atoms with van der Waals surface area (Å²) >= 11 is 0. The van der Waals surface area contributed by atoms with Crippen molar-refractivity contribution in [3.05, 3.63) is 53.9 Å². The third-order valence-electron chi connectivity index (χ3n) is 2.28. The first kappa shape index (κ1) is 13.0. The number of para-hydroxylation sites is 1. The van der Waals surface area contributed by atoms with Crippen LogP contribution in [0.15, 0.2) is 48.7 Å². The first-order chi connectivity index (χ1) is 9.15. The van der Waals surface area contributed by atoms with Gasteiger partial charge >= 0.3 is 6.03 Å². The van der Waals surface area contributed by atoms with E-state index in [0.29, 0.717) is 5.69 Å². The Balaban J connectivity index is 1.95. The number of anilines is 2. The van der Waals surface area contributed by atoms with Crippen molar-refractivity contribution in [2.24, 2.45) is 0 Å². The number of hydrogen-bond acceptors (Lipinski definition) is 4. The van der Waals surface area contributed by atoms with Gasteiger partial charge in [0.1, 0.15) is 5.82 Å². The summed E-state index contributed by atoms with van der Waals surface area (Å²) in [7, 11) is 0. The van der Waals surface area contributed by atoms with Crippen molar-refractivity contribution in [1.29, 1.82) is 0 Å². The molecule has 4 N–H and O–H groups in total. The van der Waals surface area contributed by atoms with Crippen LogP contribution in [-0.2, 0) is 0 Å². The highest BCUT2D eigenvalue weighted by Gasteiger charge is 2.05. The standard InChI is InChI=1S/C12H12N4O3/c17-12(14-9-4-2-1-3-5-9)15-11-7-6-10(8-13-11)16(18)19/h1-8,16,18H,(H2,13,14,15,17). The molecule has 0 spiro atoms. The van der Waals surface area contributed by atoms with E-state index in [1.54, 1.807) is 24.3 Å². The van der Waals surface area contributed by atoms with E-state index in [9.17, 15) is 10.0 Å². The van der Waals surface area contributed by atoms with Gasteiger partial charge in [0.25, 0.3) is 0 Å². The molecule has 1 aromatic heterocycles. The maximum atomic E-state index is 11.6. The Kier molecular flexibility index (Phi) is 4.04. The van der Waals surface area contributed by atoms with Gasteiger partial charge in [0.15, 0.2) is 5.69 Å². The van der Waals surface area contributed by atoms with Crippen LogP contribution in [0.3, 0.4) is 0 Å². The number of aromatic nitrogens is 1. The molecule has 0 saturated heterocycles. The molecule has 1 heterocycles. The van der Waals surface area contributed by atoms with E-state index in [2.05, 4.69) is 15.6 Å². The minimum atomic E-state index is -1.06. The van der Waals surface area contributed by atoms with Gasteiger partial charge in [-0.05, 0) is 18.2 Å². The van der Waals surface area contributed by atoms with Crippen molar-refractivity contribution in [1.82, 2.24) is 4.98 Å². The summed E-state index contributed by atoms with van der Waals surface area (Å²) in [5.41, 5.74) is 0.719. The predicted molar refractivity (Wildman–Crippen MR) is 69.1 cm³/mol. The Morgan fingerprint density at radius 1 is 1.16 bits per heavy atom. The summed E-state index contributed by atoms with van der Waals surface area (Å²) in [5, 5.41) is 23.4. The van der Waals surface area contributed by atoms with Crippen LogP contribution >= 0.6 is 0 Å². The second-order valence-electron chi connectivity index (χ2n) is 3.68. The number of carbonyl (C=O) groups is 1. The fraction of sp³-hybridized carbons (Fsp3) is 0. The Labute approximate surface area is 109 Å². The molecule has 2 aromatic rings. The quantitative estimate of drug-likeness (QED) is 0.621. The maximum absolute atomic E-state index is 11.6. The lowest BCUT2D eigenvalue weighted by molar-refractivity contribution is -0.991. The molecule has 2 rings (SSSR count). The Morgan fingerprint density at radius 3 is 2.47 bits per heavy atom. The second-order valence-corrected chi connectivity index (χ2v) is 3.68. The number of amides is 2. The maximum Gasteiger partial charge on any atom is 0.324 e. The molecule has 1 atom stereocenters. The largest absolute Gasteiger partial charge is 0.595 e. The van der Waals surface area contributed by atoms with E-state index in [-0.39, 0.29) is 11.5 Å². The highest BCUT2D eigenvalue weighted by molar-refractivity contribution is 5.99. The Morgan fingerprint density at radius 2 is 1.89 bits per heavy atom. The topological polar surface area (TPSA) is 102 Å². The van der Waals surface area contributed by atoms with Gasteiger partial charge in [0.05, 0.1) is 6.20 Å². The first-order valence-corrected chi connectivity index (χ1v) is 5.47. The number of nitrogens with one attached hydrogen (secondary N) is 3. The molecule has 0 radical (unpaired) electrons. The van der Waals surface area contributed by atoms with Gasteiger partial charge in [-0.2, -0.15) is 5.23 Å². The van der Waals surface area contributed by atoms with Gasteiger partial charge in [0, 0.05) is 11.8 Å². The van der Waals surface area contributed by atoms with Crippen LogP contribution in [0, 0.1) is 5.21 Å². The highest BCUT2D eigenvalue weighted by atomic mass is 16.8. The molecule has 0 saturated carbocycles. The van der Waals surface area contributed by atoms with E-state index >= 15 is 0 Å². The predicted octanol–water partition coefficient (Wildman–Crippen LogP) is 1.13. The van der Waals surface area contributed by atoms with Gasteiger partial charge in [-0.1, -0.05) is 18.2 Å². The SMILES string of the molecule is O=C(Nc1ccccc1)Nc1ccc([NH+]([O-])O)cn1. The summed E-state index contributed by atoms with van der Waals surface area (Å²) < 4.78 is 0. The monoisotopic (exact) mass is 260 g/mol. The van der Waals surface area contributed by atoms with Crippen LogP contribution in [0.4, 0.5) is 22.0 Å². The average Bonchev–Trinajstić information content (AvgIpc) is 2.40. The van der Waals surface area contributed by atoms with Gasteiger partial charge < -0.3 is 10.5 Å². The van der Waals surface area contributed by atoms with Crippen molar-refractivity contribution in [2.45, 2.75) is 0 Å². The van der Waals surface area contributed by atoms with Gasteiger partial charge in [-0.3, -0.25) is 5.32 Å². The van der Waals surface area contributed by atoms with Gasteiger partial charge in [-0.15, -0.1) is 0 Å². The van der Waals surface area contributed by atoms with Crippen molar-refractivity contribution >= 4 is 23.2 Å². The van der Waals surface area contributed by atoms with E-state index in [1.165, 1.54) is 18.3 Å². The summed E-state index contributed by atoms with van der Waals surface area (Å²) in [5.74, 6) is 0.276. The highest BCUT2D eigenvalue weighted by Crippen LogP contribution is 2.08.